The van der Waals surface area contributed by atoms with Gasteiger partial charge in [0.05, 0.1) is 18.7 Å². The van der Waals surface area contributed by atoms with E-state index >= 15 is 0 Å². The first-order chi connectivity index (χ1) is 13.4. The smallest absolute Gasteiger partial charge is 0.330 e. The summed E-state index contributed by atoms with van der Waals surface area (Å²) in [4.78, 5) is 38.3. The van der Waals surface area contributed by atoms with Crippen molar-refractivity contribution in [2.24, 2.45) is 5.73 Å². The van der Waals surface area contributed by atoms with Crippen molar-refractivity contribution in [3.05, 3.63) is 68.5 Å². The Labute approximate surface area is 161 Å². The highest BCUT2D eigenvalue weighted by Gasteiger charge is 2.37. The lowest BCUT2D eigenvalue weighted by atomic mass is 10.0. The van der Waals surface area contributed by atoms with Crippen LogP contribution in [0.2, 0.25) is 0 Å². The lowest BCUT2D eigenvalue weighted by Gasteiger charge is -2.20. The zero-order chi connectivity index (χ0) is 20.3. The third-order valence-corrected chi connectivity index (χ3v) is 4.84. The van der Waals surface area contributed by atoms with Gasteiger partial charge in [-0.3, -0.25) is 19.1 Å². The Morgan fingerprint density at radius 3 is 2.79 bits per heavy atom. The molecule has 2 heterocycles. The van der Waals surface area contributed by atoms with Crippen LogP contribution in [0.5, 0.6) is 0 Å². The second kappa shape index (κ2) is 8.51. The number of aromatic amines is 1. The van der Waals surface area contributed by atoms with Crippen LogP contribution in [0.25, 0.3) is 0 Å². The van der Waals surface area contributed by atoms with E-state index in [-0.39, 0.29) is 18.9 Å². The number of benzene rings is 1. The maximum atomic E-state index is 12.5. The lowest BCUT2D eigenvalue weighted by Crippen LogP contribution is -2.49. The second-order valence-corrected chi connectivity index (χ2v) is 6.94. The van der Waals surface area contributed by atoms with E-state index in [9.17, 15) is 19.5 Å². The number of carbonyl (C=O) groups is 1. The highest BCUT2D eigenvalue weighted by atomic mass is 16.5. The molecule has 1 saturated heterocycles. The fourth-order valence-electron chi connectivity index (χ4n) is 3.27. The summed E-state index contributed by atoms with van der Waals surface area (Å²) in [5, 5.41) is 12.4. The van der Waals surface area contributed by atoms with E-state index < -0.39 is 35.7 Å². The summed E-state index contributed by atoms with van der Waals surface area (Å²) in [6, 6.07) is 8.16. The van der Waals surface area contributed by atoms with Gasteiger partial charge in [-0.05, 0) is 18.9 Å². The zero-order valence-corrected chi connectivity index (χ0v) is 15.5. The molecular weight excluding hydrogens is 364 g/mol. The van der Waals surface area contributed by atoms with Gasteiger partial charge in [-0.15, -0.1) is 0 Å². The molecule has 1 fully saturated rings. The van der Waals surface area contributed by atoms with Gasteiger partial charge in [-0.25, -0.2) is 4.79 Å². The number of H-pyrrole nitrogens is 1. The van der Waals surface area contributed by atoms with Crippen LogP contribution in [0.3, 0.4) is 0 Å². The summed E-state index contributed by atoms with van der Waals surface area (Å²) in [6.07, 6.45) is 0.658. The van der Waals surface area contributed by atoms with Gasteiger partial charge in [0.2, 0.25) is 5.91 Å². The van der Waals surface area contributed by atoms with E-state index in [2.05, 4.69) is 10.3 Å². The van der Waals surface area contributed by atoms with Crippen molar-refractivity contribution in [3.8, 4) is 0 Å². The van der Waals surface area contributed by atoms with E-state index in [1.165, 1.54) is 10.8 Å². The van der Waals surface area contributed by atoms with Crippen molar-refractivity contribution >= 4 is 5.91 Å². The molecule has 0 aliphatic carbocycles. The molecule has 0 bridgehead atoms. The van der Waals surface area contributed by atoms with Crippen LogP contribution >= 0.6 is 0 Å². The van der Waals surface area contributed by atoms with Crippen LogP contribution < -0.4 is 22.3 Å². The second-order valence-electron chi connectivity index (χ2n) is 6.94. The molecular formula is C19H24N4O5. The molecule has 0 spiro atoms. The van der Waals surface area contributed by atoms with Crippen molar-refractivity contribution in [1.29, 1.82) is 0 Å². The fourth-order valence-corrected chi connectivity index (χ4v) is 3.27. The molecule has 1 aromatic carbocycles. The molecule has 0 radical (unpaired) electrons. The van der Waals surface area contributed by atoms with Gasteiger partial charge >= 0.3 is 5.69 Å². The largest absolute Gasteiger partial charge is 0.394 e. The number of aliphatic hydroxyl groups excluding tert-OH is 1. The van der Waals surface area contributed by atoms with Crippen LogP contribution in [0, 0.1) is 6.92 Å². The minimum absolute atomic E-state index is 0.264. The van der Waals surface area contributed by atoms with Crippen molar-refractivity contribution in [2.45, 2.75) is 44.2 Å². The number of aryl methyl sites for hydroxylation is 1. The first kappa shape index (κ1) is 20.0. The number of nitrogens with zero attached hydrogens (tertiary/aromatic N) is 1. The van der Waals surface area contributed by atoms with E-state index in [1.807, 2.05) is 30.3 Å². The summed E-state index contributed by atoms with van der Waals surface area (Å²) >= 11 is 0. The first-order valence-corrected chi connectivity index (χ1v) is 9.07. The first-order valence-electron chi connectivity index (χ1n) is 9.07. The average molecular weight is 388 g/mol. The van der Waals surface area contributed by atoms with Crippen molar-refractivity contribution in [3.63, 3.8) is 0 Å². The molecule has 4 atom stereocenters. The van der Waals surface area contributed by atoms with E-state index in [0.717, 1.165) is 5.56 Å². The number of aromatic nitrogens is 2. The Morgan fingerprint density at radius 1 is 1.39 bits per heavy atom. The van der Waals surface area contributed by atoms with Crippen molar-refractivity contribution < 1.29 is 14.6 Å². The number of hydrogen-bond acceptors (Lipinski definition) is 6. The van der Waals surface area contributed by atoms with Gasteiger partial charge in [0.25, 0.3) is 5.56 Å². The monoisotopic (exact) mass is 388 g/mol. The quantitative estimate of drug-likeness (QED) is 0.510. The minimum Gasteiger partial charge on any atom is -0.394 e. The van der Waals surface area contributed by atoms with E-state index in [0.29, 0.717) is 12.0 Å². The average Bonchev–Trinajstić information content (AvgIpc) is 3.08. The molecule has 1 aromatic heterocycles. The predicted molar refractivity (Wildman–Crippen MR) is 102 cm³/mol. The van der Waals surface area contributed by atoms with Crippen molar-refractivity contribution in [2.75, 3.05) is 6.61 Å². The molecule has 0 unspecified atom stereocenters. The Bertz CT molecular complexity index is 939. The number of aliphatic hydroxyl groups is 1. The number of rotatable bonds is 6. The summed E-state index contributed by atoms with van der Waals surface area (Å²) < 4.78 is 6.98. The maximum absolute atomic E-state index is 12.5. The SMILES string of the molecule is Cc1cn([C@H]2C[C@@H](NC(=O)[C@@H](N)Cc3ccccc3)[C@H](CO)O2)c(=O)[nH]c1=O. The normalized spacial score (nSPS) is 22.8. The van der Waals surface area contributed by atoms with E-state index in [1.54, 1.807) is 6.92 Å². The molecule has 3 rings (SSSR count). The van der Waals surface area contributed by atoms with Crippen LogP contribution in [-0.4, -0.2) is 45.4 Å². The summed E-state index contributed by atoms with van der Waals surface area (Å²) in [6.45, 7) is 1.25. The van der Waals surface area contributed by atoms with Crippen LogP contribution in [0.15, 0.2) is 46.1 Å². The van der Waals surface area contributed by atoms with Gasteiger partial charge in [0.15, 0.2) is 0 Å². The fraction of sp³-hybridized carbons (Fsp3) is 0.421. The number of nitrogens with two attached hydrogens (primary N) is 1. The number of ether oxygens (including phenoxy) is 1. The Morgan fingerprint density at radius 2 is 2.11 bits per heavy atom. The Balaban J connectivity index is 1.68. The number of hydrogen-bond donors (Lipinski definition) is 4. The van der Waals surface area contributed by atoms with Crippen molar-refractivity contribution in [1.82, 2.24) is 14.9 Å². The van der Waals surface area contributed by atoms with Crippen LogP contribution in [0.1, 0.15) is 23.8 Å². The third-order valence-electron chi connectivity index (χ3n) is 4.84. The molecule has 28 heavy (non-hydrogen) atoms. The maximum Gasteiger partial charge on any atom is 0.330 e. The third kappa shape index (κ3) is 4.38. The molecule has 1 aliphatic heterocycles. The molecule has 2 aromatic rings. The Kier molecular flexibility index (Phi) is 6.08. The highest BCUT2D eigenvalue weighted by molar-refractivity contribution is 5.82. The number of amides is 1. The summed E-state index contributed by atoms with van der Waals surface area (Å²) in [7, 11) is 0. The van der Waals surface area contributed by atoms with Crippen LogP contribution in [0.4, 0.5) is 0 Å². The molecule has 9 heteroatoms. The van der Waals surface area contributed by atoms with Gasteiger partial charge in [-0.2, -0.15) is 0 Å². The summed E-state index contributed by atoms with van der Waals surface area (Å²) in [5.41, 5.74) is 6.25. The van der Waals surface area contributed by atoms with Gasteiger partial charge < -0.3 is 20.9 Å². The number of carbonyl (C=O) groups excluding carboxylic acids is 1. The zero-order valence-electron chi connectivity index (χ0n) is 15.5. The molecule has 9 nitrogen and oxygen atoms in total. The van der Waals surface area contributed by atoms with Crippen LogP contribution in [-0.2, 0) is 16.0 Å². The predicted octanol–water partition coefficient (Wildman–Crippen LogP) is -0.820. The molecule has 0 saturated carbocycles. The minimum atomic E-state index is -0.751. The van der Waals surface area contributed by atoms with Gasteiger partial charge in [-0.1, -0.05) is 30.3 Å². The molecule has 150 valence electrons. The summed E-state index contributed by atoms with van der Waals surface area (Å²) in [5.74, 6) is -0.360. The molecule has 5 N–H and O–H groups in total. The topological polar surface area (TPSA) is 139 Å². The lowest BCUT2D eigenvalue weighted by molar-refractivity contribution is -0.123. The number of nitrogens with one attached hydrogen (secondary N) is 2. The molecule has 1 amide bonds. The Hall–Kier alpha value is -2.75. The van der Waals surface area contributed by atoms with Gasteiger partial charge in [0.1, 0.15) is 12.3 Å². The molecule has 1 aliphatic rings. The highest BCUT2D eigenvalue weighted by Crippen LogP contribution is 2.27. The standard InChI is InChI=1S/C19H24N4O5/c1-11-9-23(19(27)22-17(11)25)16-8-14(15(10-24)28-16)21-18(26)13(20)7-12-5-3-2-4-6-12/h2-6,9,13-16,24H,7-8,10,20H2,1H3,(H,21,26)(H,22,25,27)/t13-,14+,15-,16+/m0/s1. The van der Waals surface area contributed by atoms with Gasteiger partial charge in [0, 0.05) is 18.2 Å². The van der Waals surface area contributed by atoms with E-state index in [4.69, 9.17) is 10.5 Å².